The fourth-order valence-electron chi connectivity index (χ4n) is 2.40. The smallest absolute Gasteiger partial charge is 0.396 e. The van der Waals surface area contributed by atoms with E-state index in [0.717, 1.165) is 6.07 Å². The van der Waals surface area contributed by atoms with Crippen LogP contribution >= 0.6 is 0 Å². The average Bonchev–Trinajstić information content (AvgIpc) is 2.60. The molecule has 0 aliphatic heterocycles. The molecule has 27 heavy (non-hydrogen) atoms. The fourth-order valence-corrected chi connectivity index (χ4v) is 3.12. The normalized spacial score (nSPS) is 11.4. The molecule has 11 heteroatoms. The minimum Gasteiger partial charge on any atom is -0.396 e. The summed E-state index contributed by atoms with van der Waals surface area (Å²) in [5.74, 6) is 0. The Kier molecular flexibility index (Phi) is 6.29. The summed E-state index contributed by atoms with van der Waals surface area (Å²) in [6.45, 7) is 0. The van der Waals surface area contributed by atoms with Crippen molar-refractivity contribution >= 4 is 43.6 Å². The van der Waals surface area contributed by atoms with Crippen molar-refractivity contribution in [3.8, 4) is 0 Å². The minimum atomic E-state index is -4.50. The third kappa shape index (κ3) is 4.49. The second-order valence-electron chi connectivity index (χ2n) is 5.30. The van der Waals surface area contributed by atoms with Gasteiger partial charge in [-0.25, -0.2) is 0 Å². The van der Waals surface area contributed by atoms with E-state index in [-0.39, 0.29) is 56.9 Å². The van der Waals surface area contributed by atoms with Crippen LogP contribution in [0, 0.1) is 10.1 Å². The molecule has 0 saturated heterocycles. The molecule has 132 valence electrons. The number of non-ortho nitro benzene ring substituents is 1. The maximum absolute atomic E-state index is 11.7. The van der Waals surface area contributed by atoms with E-state index in [0.29, 0.717) is 11.1 Å². The van der Waals surface area contributed by atoms with Gasteiger partial charge in [0.1, 0.15) is 10.6 Å². The molecular weight excluding hydrogens is 383 g/mol. The zero-order valence-electron chi connectivity index (χ0n) is 14.1. The Balaban J connectivity index is 0.00000261. The Morgan fingerprint density at radius 2 is 1.59 bits per heavy atom. The summed E-state index contributed by atoms with van der Waals surface area (Å²) in [6.07, 6.45) is 0. The largest absolute Gasteiger partial charge is 1.00 e. The van der Waals surface area contributed by atoms with E-state index in [1.807, 2.05) is 0 Å². The minimum absolute atomic E-state index is 0. The number of anilines is 1. The van der Waals surface area contributed by atoms with Gasteiger partial charge in [-0.05, 0) is 18.2 Å². The molecule has 0 spiro atoms. The SMILES string of the molecule is Nc1c(N=Nc2ccc([N+](=O)[O-])cc2)cc(S(=O)(=O)O)c2ccccc12.[Na+]. The van der Waals surface area contributed by atoms with Crippen LogP contribution in [0.4, 0.5) is 22.7 Å². The third-order valence-corrected chi connectivity index (χ3v) is 4.53. The van der Waals surface area contributed by atoms with Gasteiger partial charge in [-0.15, -0.1) is 5.11 Å². The molecule has 0 aliphatic carbocycles. The van der Waals surface area contributed by atoms with Crippen LogP contribution < -0.4 is 35.3 Å². The molecular formula is C16H12N4NaO5S+. The summed E-state index contributed by atoms with van der Waals surface area (Å²) in [7, 11) is -4.50. The van der Waals surface area contributed by atoms with Gasteiger partial charge in [-0.3, -0.25) is 14.7 Å². The van der Waals surface area contributed by atoms with E-state index < -0.39 is 15.0 Å². The Labute approximate surface area is 176 Å². The quantitative estimate of drug-likeness (QED) is 0.168. The van der Waals surface area contributed by atoms with Crippen LogP contribution in [0.3, 0.4) is 0 Å². The zero-order chi connectivity index (χ0) is 18.9. The van der Waals surface area contributed by atoms with Crippen molar-refractivity contribution in [3.05, 3.63) is 64.7 Å². The second-order valence-corrected chi connectivity index (χ2v) is 6.69. The molecule has 0 radical (unpaired) electrons. The molecule has 0 bridgehead atoms. The maximum atomic E-state index is 11.7. The van der Waals surface area contributed by atoms with Crippen molar-refractivity contribution in [2.75, 3.05) is 5.73 Å². The van der Waals surface area contributed by atoms with E-state index in [1.54, 1.807) is 18.2 Å². The average molecular weight is 395 g/mol. The second kappa shape index (κ2) is 8.11. The topological polar surface area (TPSA) is 148 Å². The van der Waals surface area contributed by atoms with Crippen LogP contribution in [-0.4, -0.2) is 17.9 Å². The summed E-state index contributed by atoms with van der Waals surface area (Å²) >= 11 is 0. The van der Waals surface area contributed by atoms with Crippen molar-refractivity contribution in [2.45, 2.75) is 4.90 Å². The first-order valence-electron chi connectivity index (χ1n) is 7.22. The Bertz CT molecular complexity index is 1150. The number of nitro groups is 1. The van der Waals surface area contributed by atoms with E-state index in [4.69, 9.17) is 5.73 Å². The van der Waals surface area contributed by atoms with Crippen molar-refractivity contribution in [1.29, 1.82) is 0 Å². The van der Waals surface area contributed by atoms with Crippen LogP contribution in [0.15, 0.2) is 69.7 Å². The van der Waals surface area contributed by atoms with Gasteiger partial charge in [-0.2, -0.15) is 13.5 Å². The number of benzene rings is 3. The molecule has 0 atom stereocenters. The number of hydrogen-bond donors (Lipinski definition) is 2. The summed E-state index contributed by atoms with van der Waals surface area (Å²) in [5, 5.41) is 19.2. The van der Waals surface area contributed by atoms with Gasteiger partial charge in [-0.1, -0.05) is 24.3 Å². The first kappa shape index (κ1) is 20.9. The van der Waals surface area contributed by atoms with Crippen LogP contribution in [0.2, 0.25) is 0 Å². The molecule has 3 aromatic rings. The van der Waals surface area contributed by atoms with Gasteiger partial charge in [0.15, 0.2) is 0 Å². The molecule has 9 nitrogen and oxygen atoms in total. The van der Waals surface area contributed by atoms with Crippen molar-refractivity contribution in [2.24, 2.45) is 10.2 Å². The molecule has 3 rings (SSSR count). The summed E-state index contributed by atoms with van der Waals surface area (Å²) < 4.78 is 32.8. The van der Waals surface area contributed by atoms with E-state index in [2.05, 4.69) is 10.2 Å². The van der Waals surface area contributed by atoms with Crippen LogP contribution in [0.25, 0.3) is 10.8 Å². The number of hydrogen-bond acceptors (Lipinski definition) is 7. The molecule has 0 saturated carbocycles. The molecule has 0 aromatic heterocycles. The summed E-state index contributed by atoms with van der Waals surface area (Å²) in [5.41, 5.74) is 6.51. The van der Waals surface area contributed by atoms with Crippen LogP contribution in [0.5, 0.6) is 0 Å². The molecule has 3 aromatic carbocycles. The third-order valence-electron chi connectivity index (χ3n) is 3.64. The molecule has 0 heterocycles. The number of azo groups is 1. The van der Waals surface area contributed by atoms with Crippen molar-refractivity contribution < 1.29 is 47.5 Å². The van der Waals surface area contributed by atoms with Crippen LogP contribution in [0.1, 0.15) is 0 Å². The predicted octanol–water partition coefficient (Wildman–Crippen LogP) is 0.996. The van der Waals surface area contributed by atoms with E-state index in [9.17, 15) is 23.1 Å². The first-order valence-corrected chi connectivity index (χ1v) is 8.66. The summed E-state index contributed by atoms with van der Waals surface area (Å²) in [4.78, 5) is 9.77. The fraction of sp³-hybridized carbons (Fsp3) is 0. The zero-order valence-corrected chi connectivity index (χ0v) is 16.9. The molecule has 0 amide bonds. The van der Waals surface area contributed by atoms with Gasteiger partial charge in [0, 0.05) is 22.9 Å². The van der Waals surface area contributed by atoms with Gasteiger partial charge < -0.3 is 5.73 Å². The van der Waals surface area contributed by atoms with Gasteiger partial charge in [0.05, 0.1) is 16.3 Å². The number of fused-ring (bicyclic) bond motifs is 1. The number of nitrogens with zero attached hydrogens (tertiary/aromatic N) is 3. The Morgan fingerprint density at radius 1 is 1.00 bits per heavy atom. The van der Waals surface area contributed by atoms with E-state index >= 15 is 0 Å². The number of nitrogen functional groups attached to an aromatic ring is 1. The van der Waals surface area contributed by atoms with Gasteiger partial charge in [0.25, 0.3) is 15.8 Å². The number of nitrogens with two attached hydrogens (primary N) is 1. The monoisotopic (exact) mass is 395 g/mol. The predicted molar refractivity (Wildman–Crippen MR) is 95.4 cm³/mol. The molecule has 0 unspecified atom stereocenters. The first-order chi connectivity index (χ1) is 12.3. The number of rotatable bonds is 4. The van der Waals surface area contributed by atoms with E-state index in [1.165, 1.54) is 30.3 Å². The van der Waals surface area contributed by atoms with Crippen LogP contribution in [-0.2, 0) is 10.1 Å². The molecule has 3 N–H and O–H groups in total. The summed E-state index contributed by atoms with van der Waals surface area (Å²) in [6, 6.07) is 12.9. The van der Waals surface area contributed by atoms with Gasteiger partial charge in [0.2, 0.25) is 0 Å². The molecule has 0 aliphatic rings. The standard InChI is InChI=1S/C16H12N4O5S.Na/c17-16-13-4-2-1-3-12(13)15(26(23,24)25)9-14(16)19-18-10-5-7-11(8-6-10)20(21)22;/h1-9H,17H2,(H,23,24,25);/q;+1. The maximum Gasteiger partial charge on any atom is 1.00 e. The molecule has 0 fully saturated rings. The van der Waals surface area contributed by atoms with Crippen molar-refractivity contribution in [1.82, 2.24) is 0 Å². The number of nitro benzene ring substituents is 1. The van der Waals surface area contributed by atoms with Gasteiger partial charge >= 0.3 is 29.6 Å². The van der Waals surface area contributed by atoms with Crippen molar-refractivity contribution in [3.63, 3.8) is 0 Å². The Hall–Kier alpha value is -2.37. The Morgan fingerprint density at radius 3 is 2.15 bits per heavy atom.